The van der Waals surface area contributed by atoms with Crippen LogP contribution in [0.3, 0.4) is 0 Å². The smallest absolute Gasteiger partial charge is 0.166 e. The zero-order valence-electron chi connectivity index (χ0n) is 14.6. The van der Waals surface area contributed by atoms with E-state index < -0.39 is 0 Å². The number of fused-ring (bicyclic) bond motifs is 1. The SMILES string of the molecule is CN1CCC(Nc2c(F)cncc2NCc2ccc3nccnc3c2)C1. The molecule has 0 amide bonds. The molecule has 3 heterocycles. The molecule has 0 saturated carbocycles. The molecule has 0 spiro atoms. The van der Waals surface area contributed by atoms with Gasteiger partial charge >= 0.3 is 0 Å². The van der Waals surface area contributed by atoms with Gasteiger partial charge in [0.15, 0.2) is 5.82 Å². The second-order valence-corrected chi connectivity index (χ2v) is 6.67. The van der Waals surface area contributed by atoms with E-state index in [1.807, 2.05) is 18.2 Å². The molecule has 7 heteroatoms. The van der Waals surface area contributed by atoms with Crippen LogP contribution in [0, 0.1) is 5.82 Å². The molecule has 0 aliphatic carbocycles. The Morgan fingerprint density at radius 3 is 2.85 bits per heavy atom. The highest BCUT2D eigenvalue weighted by atomic mass is 19.1. The van der Waals surface area contributed by atoms with Crippen molar-refractivity contribution in [1.29, 1.82) is 0 Å². The zero-order valence-corrected chi connectivity index (χ0v) is 14.6. The fraction of sp³-hybridized carbons (Fsp3) is 0.316. The van der Waals surface area contributed by atoms with Crippen LogP contribution in [0.5, 0.6) is 0 Å². The largest absolute Gasteiger partial charge is 0.378 e. The average Bonchev–Trinajstić information content (AvgIpc) is 3.07. The normalized spacial score (nSPS) is 17.5. The first kappa shape index (κ1) is 16.7. The van der Waals surface area contributed by atoms with Crippen LogP contribution in [0.4, 0.5) is 15.8 Å². The van der Waals surface area contributed by atoms with E-state index >= 15 is 0 Å². The van der Waals surface area contributed by atoms with Gasteiger partial charge in [0.1, 0.15) is 0 Å². The van der Waals surface area contributed by atoms with Crippen molar-refractivity contribution in [2.45, 2.75) is 19.0 Å². The van der Waals surface area contributed by atoms with Crippen molar-refractivity contribution in [3.05, 3.63) is 54.4 Å². The number of pyridine rings is 1. The minimum atomic E-state index is -0.339. The van der Waals surface area contributed by atoms with Crippen LogP contribution < -0.4 is 10.6 Å². The first-order valence-electron chi connectivity index (χ1n) is 8.71. The molecule has 3 aromatic rings. The van der Waals surface area contributed by atoms with E-state index in [2.05, 4.69) is 37.5 Å². The lowest BCUT2D eigenvalue weighted by Crippen LogP contribution is -2.24. The Bertz CT molecular complexity index is 915. The van der Waals surface area contributed by atoms with Gasteiger partial charge in [-0.05, 0) is 37.7 Å². The monoisotopic (exact) mass is 352 g/mol. The second kappa shape index (κ2) is 7.21. The Morgan fingerprint density at radius 2 is 2.04 bits per heavy atom. The number of nitrogens with zero attached hydrogens (tertiary/aromatic N) is 4. The van der Waals surface area contributed by atoms with Crippen molar-refractivity contribution >= 4 is 22.4 Å². The molecule has 1 unspecified atom stereocenters. The summed E-state index contributed by atoms with van der Waals surface area (Å²) in [5.74, 6) is -0.339. The van der Waals surface area contributed by atoms with Gasteiger partial charge in [0.05, 0.1) is 34.8 Å². The maximum absolute atomic E-state index is 14.3. The number of aromatic nitrogens is 3. The predicted molar refractivity (Wildman–Crippen MR) is 101 cm³/mol. The number of benzene rings is 1. The molecular weight excluding hydrogens is 331 g/mol. The Kier molecular flexibility index (Phi) is 4.62. The van der Waals surface area contributed by atoms with Gasteiger partial charge in [-0.25, -0.2) is 4.39 Å². The first-order valence-corrected chi connectivity index (χ1v) is 8.71. The number of likely N-dealkylation sites (N-methyl/N-ethyl adjacent to an activating group) is 1. The molecule has 1 atom stereocenters. The maximum atomic E-state index is 14.3. The van der Waals surface area contributed by atoms with Crippen molar-refractivity contribution in [3.8, 4) is 0 Å². The van der Waals surface area contributed by atoms with E-state index in [1.165, 1.54) is 6.20 Å². The fourth-order valence-electron chi connectivity index (χ4n) is 3.29. The molecule has 6 nitrogen and oxygen atoms in total. The van der Waals surface area contributed by atoms with E-state index in [0.717, 1.165) is 36.1 Å². The Labute approximate surface area is 151 Å². The topological polar surface area (TPSA) is 66.0 Å². The van der Waals surface area contributed by atoms with Crippen LogP contribution in [-0.4, -0.2) is 46.0 Å². The van der Waals surface area contributed by atoms with Gasteiger partial charge in [0.2, 0.25) is 0 Å². The summed E-state index contributed by atoms with van der Waals surface area (Å²) in [6.07, 6.45) is 7.26. The van der Waals surface area contributed by atoms with E-state index in [-0.39, 0.29) is 11.9 Å². The van der Waals surface area contributed by atoms with Crippen LogP contribution in [0.1, 0.15) is 12.0 Å². The molecule has 1 saturated heterocycles. The highest BCUT2D eigenvalue weighted by molar-refractivity contribution is 5.74. The van der Waals surface area contributed by atoms with E-state index in [0.29, 0.717) is 17.9 Å². The highest BCUT2D eigenvalue weighted by Crippen LogP contribution is 2.27. The summed E-state index contributed by atoms with van der Waals surface area (Å²) in [4.78, 5) is 14.8. The summed E-state index contributed by atoms with van der Waals surface area (Å²) in [6.45, 7) is 2.48. The van der Waals surface area contributed by atoms with Crippen LogP contribution in [0.25, 0.3) is 11.0 Å². The van der Waals surface area contributed by atoms with Gasteiger partial charge in [-0.15, -0.1) is 0 Å². The molecule has 2 N–H and O–H groups in total. The molecule has 0 bridgehead atoms. The minimum Gasteiger partial charge on any atom is -0.378 e. The number of anilines is 2. The quantitative estimate of drug-likeness (QED) is 0.736. The van der Waals surface area contributed by atoms with Gasteiger partial charge in [-0.2, -0.15) is 0 Å². The lowest BCUT2D eigenvalue weighted by atomic mass is 10.2. The van der Waals surface area contributed by atoms with Gasteiger partial charge in [0, 0.05) is 31.5 Å². The summed E-state index contributed by atoms with van der Waals surface area (Å²) in [7, 11) is 2.08. The summed E-state index contributed by atoms with van der Waals surface area (Å²) in [6, 6.07) is 6.17. The first-order chi connectivity index (χ1) is 12.7. The van der Waals surface area contributed by atoms with Gasteiger partial charge < -0.3 is 15.5 Å². The van der Waals surface area contributed by atoms with Crippen LogP contribution in [0.2, 0.25) is 0 Å². The number of hydrogen-bond acceptors (Lipinski definition) is 6. The molecule has 1 aromatic carbocycles. The average molecular weight is 352 g/mol. The van der Waals surface area contributed by atoms with Gasteiger partial charge in [-0.1, -0.05) is 6.07 Å². The van der Waals surface area contributed by atoms with E-state index in [9.17, 15) is 4.39 Å². The maximum Gasteiger partial charge on any atom is 0.166 e. The number of nitrogens with one attached hydrogen (secondary N) is 2. The minimum absolute atomic E-state index is 0.244. The predicted octanol–water partition coefficient (Wildman–Crippen LogP) is 2.89. The van der Waals surface area contributed by atoms with Gasteiger partial charge in [-0.3, -0.25) is 15.0 Å². The molecule has 26 heavy (non-hydrogen) atoms. The summed E-state index contributed by atoms with van der Waals surface area (Å²) in [5, 5.41) is 6.63. The third-order valence-corrected chi connectivity index (χ3v) is 4.66. The van der Waals surface area contributed by atoms with Crippen molar-refractivity contribution in [3.63, 3.8) is 0 Å². The summed E-state index contributed by atoms with van der Waals surface area (Å²) < 4.78 is 14.3. The van der Waals surface area contributed by atoms with Crippen LogP contribution in [-0.2, 0) is 6.54 Å². The second-order valence-electron chi connectivity index (χ2n) is 6.67. The number of hydrogen-bond donors (Lipinski definition) is 2. The standard InChI is InChI=1S/C19H21FN6/c1-26-7-4-14(12-26)25-19-15(20)10-21-11-18(19)24-9-13-2-3-16-17(8-13)23-6-5-22-16/h2-3,5-6,8,10-11,14,24H,4,7,9,12H2,1H3,(H,21,25). The van der Waals surface area contributed by atoms with E-state index in [1.54, 1.807) is 18.6 Å². The third kappa shape index (κ3) is 3.57. The van der Waals surface area contributed by atoms with Crippen LogP contribution in [0.15, 0.2) is 43.0 Å². The third-order valence-electron chi connectivity index (χ3n) is 4.66. The molecule has 2 aromatic heterocycles. The highest BCUT2D eigenvalue weighted by Gasteiger charge is 2.21. The molecule has 0 radical (unpaired) electrons. The fourth-order valence-corrected chi connectivity index (χ4v) is 3.29. The van der Waals surface area contributed by atoms with Crippen molar-refractivity contribution in [2.75, 3.05) is 30.8 Å². The Morgan fingerprint density at radius 1 is 1.19 bits per heavy atom. The molecule has 1 fully saturated rings. The van der Waals surface area contributed by atoms with Crippen molar-refractivity contribution < 1.29 is 4.39 Å². The Hall–Kier alpha value is -2.80. The lowest BCUT2D eigenvalue weighted by Gasteiger charge is -2.18. The molecular formula is C19H21FN6. The van der Waals surface area contributed by atoms with E-state index in [4.69, 9.17) is 0 Å². The lowest BCUT2D eigenvalue weighted by molar-refractivity contribution is 0.414. The molecule has 4 rings (SSSR count). The number of halogens is 1. The van der Waals surface area contributed by atoms with Gasteiger partial charge in [0.25, 0.3) is 0 Å². The molecule has 1 aliphatic heterocycles. The number of rotatable bonds is 5. The summed E-state index contributed by atoms with van der Waals surface area (Å²) in [5.41, 5.74) is 3.90. The molecule has 134 valence electrons. The van der Waals surface area contributed by atoms with Crippen LogP contribution >= 0.6 is 0 Å². The Balaban J connectivity index is 1.51. The van der Waals surface area contributed by atoms with Crippen molar-refractivity contribution in [1.82, 2.24) is 19.9 Å². The number of likely N-dealkylation sites (tertiary alicyclic amines) is 1. The summed E-state index contributed by atoms with van der Waals surface area (Å²) >= 11 is 0. The molecule has 1 aliphatic rings. The van der Waals surface area contributed by atoms with Crippen molar-refractivity contribution in [2.24, 2.45) is 0 Å². The zero-order chi connectivity index (χ0) is 17.9.